The van der Waals surface area contributed by atoms with Crippen LogP contribution in [0.25, 0.3) is 11.2 Å². The van der Waals surface area contributed by atoms with Crippen LogP contribution in [0.3, 0.4) is 0 Å². The third-order valence-corrected chi connectivity index (χ3v) is 4.94. The molecule has 9 heteroatoms. The van der Waals surface area contributed by atoms with Gasteiger partial charge in [0.05, 0.1) is 6.26 Å². The standard InChI is InChI=1S/C17H19N5O4/c1-20-14-12(16(24)21(2)17(20)25)18-13(19-14)10-5-3-7-22(9-10)15(23)11-6-4-8-26-11/h4,6,8,10H,3,5,7,9H2,1-2H3,(H,18,19). The minimum atomic E-state index is -0.418. The van der Waals surface area contributed by atoms with Gasteiger partial charge in [-0.1, -0.05) is 0 Å². The first-order valence-corrected chi connectivity index (χ1v) is 8.45. The minimum absolute atomic E-state index is 0.0325. The van der Waals surface area contributed by atoms with E-state index >= 15 is 0 Å². The van der Waals surface area contributed by atoms with Crippen molar-refractivity contribution >= 4 is 17.1 Å². The van der Waals surface area contributed by atoms with Crippen LogP contribution in [-0.2, 0) is 14.1 Å². The molecule has 0 aliphatic carbocycles. The maximum atomic E-state index is 12.5. The zero-order valence-electron chi connectivity index (χ0n) is 14.6. The SMILES string of the molecule is Cn1c(=O)c2[nH]c(C3CCCN(C(=O)c4ccco4)C3)nc2n(C)c1=O. The summed E-state index contributed by atoms with van der Waals surface area (Å²) in [6.07, 6.45) is 3.14. The van der Waals surface area contributed by atoms with Crippen molar-refractivity contribution in [1.82, 2.24) is 24.0 Å². The van der Waals surface area contributed by atoms with Gasteiger partial charge < -0.3 is 14.3 Å². The molecule has 0 saturated carbocycles. The van der Waals surface area contributed by atoms with E-state index in [2.05, 4.69) is 9.97 Å². The molecule has 3 aromatic rings. The maximum absolute atomic E-state index is 12.5. The molecule has 4 heterocycles. The number of nitrogens with zero attached hydrogens (tertiary/aromatic N) is 4. The first-order chi connectivity index (χ1) is 12.5. The molecule has 1 amide bonds. The second kappa shape index (κ2) is 6.01. The first kappa shape index (κ1) is 16.4. The zero-order chi connectivity index (χ0) is 18.4. The molecular formula is C17H19N5O4. The number of likely N-dealkylation sites (tertiary alicyclic amines) is 1. The lowest BCUT2D eigenvalue weighted by molar-refractivity contribution is 0.0672. The van der Waals surface area contributed by atoms with Crippen LogP contribution in [0.4, 0.5) is 0 Å². The van der Waals surface area contributed by atoms with Gasteiger partial charge in [-0.2, -0.15) is 0 Å². The maximum Gasteiger partial charge on any atom is 0.332 e. The van der Waals surface area contributed by atoms with Gasteiger partial charge in [0.25, 0.3) is 11.5 Å². The smallest absolute Gasteiger partial charge is 0.332 e. The van der Waals surface area contributed by atoms with Gasteiger partial charge in [0.2, 0.25) is 0 Å². The number of aromatic nitrogens is 4. The van der Waals surface area contributed by atoms with E-state index in [0.717, 1.165) is 17.4 Å². The minimum Gasteiger partial charge on any atom is -0.459 e. The average molecular weight is 357 g/mol. The number of furan rings is 1. The Morgan fingerprint density at radius 2 is 2.12 bits per heavy atom. The largest absolute Gasteiger partial charge is 0.459 e. The van der Waals surface area contributed by atoms with Crippen molar-refractivity contribution in [1.29, 1.82) is 0 Å². The molecule has 1 saturated heterocycles. The summed E-state index contributed by atoms with van der Waals surface area (Å²) in [6, 6.07) is 3.33. The lowest BCUT2D eigenvalue weighted by Gasteiger charge is -2.31. The van der Waals surface area contributed by atoms with E-state index in [-0.39, 0.29) is 11.8 Å². The molecule has 1 N–H and O–H groups in total. The third-order valence-electron chi connectivity index (χ3n) is 4.94. The van der Waals surface area contributed by atoms with Gasteiger partial charge in [-0.25, -0.2) is 9.78 Å². The molecule has 1 unspecified atom stereocenters. The number of H-pyrrole nitrogens is 1. The number of amides is 1. The predicted octanol–water partition coefficient (Wildman–Crippen LogP) is 0.573. The quantitative estimate of drug-likeness (QED) is 0.722. The Bertz CT molecular complexity index is 1090. The van der Waals surface area contributed by atoms with Crippen LogP contribution in [-0.4, -0.2) is 43.0 Å². The van der Waals surface area contributed by atoms with Crippen molar-refractivity contribution in [2.45, 2.75) is 18.8 Å². The Hall–Kier alpha value is -3.10. The Kier molecular flexibility index (Phi) is 3.78. The van der Waals surface area contributed by atoms with E-state index in [0.29, 0.717) is 35.8 Å². The van der Waals surface area contributed by atoms with Gasteiger partial charge >= 0.3 is 5.69 Å². The molecular weight excluding hydrogens is 338 g/mol. The topological polar surface area (TPSA) is 106 Å². The molecule has 1 atom stereocenters. The van der Waals surface area contributed by atoms with Crippen molar-refractivity contribution in [3.05, 3.63) is 50.8 Å². The molecule has 1 aliphatic heterocycles. The Balaban J connectivity index is 1.68. The van der Waals surface area contributed by atoms with Crippen LogP contribution in [0.15, 0.2) is 32.4 Å². The van der Waals surface area contributed by atoms with Crippen molar-refractivity contribution < 1.29 is 9.21 Å². The van der Waals surface area contributed by atoms with Crippen molar-refractivity contribution in [2.24, 2.45) is 14.1 Å². The number of hydrogen-bond acceptors (Lipinski definition) is 5. The number of nitrogens with one attached hydrogen (secondary N) is 1. The Labute approximate surface area is 147 Å². The summed E-state index contributed by atoms with van der Waals surface area (Å²) in [5.41, 5.74) is -0.179. The van der Waals surface area contributed by atoms with E-state index in [1.807, 2.05) is 0 Å². The number of aromatic amines is 1. The lowest BCUT2D eigenvalue weighted by atomic mass is 9.97. The van der Waals surface area contributed by atoms with Crippen molar-refractivity contribution in [2.75, 3.05) is 13.1 Å². The lowest BCUT2D eigenvalue weighted by Crippen LogP contribution is -2.39. The fourth-order valence-corrected chi connectivity index (χ4v) is 3.48. The molecule has 3 aromatic heterocycles. The molecule has 0 bridgehead atoms. The average Bonchev–Trinajstić information content (AvgIpc) is 3.34. The van der Waals surface area contributed by atoms with Crippen LogP contribution in [0.1, 0.15) is 35.1 Å². The van der Waals surface area contributed by atoms with E-state index < -0.39 is 11.2 Å². The van der Waals surface area contributed by atoms with E-state index in [4.69, 9.17) is 4.42 Å². The Morgan fingerprint density at radius 1 is 1.31 bits per heavy atom. The third kappa shape index (κ3) is 2.47. The highest BCUT2D eigenvalue weighted by molar-refractivity contribution is 5.91. The highest BCUT2D eigenvalue weighted by Gasteiger charge is 2.29. The number of fused-ring (bicyclic) bond motifs is 1. The van der Waals surface area contributed by atoms with Gasteiger partial charge in [0.1, 0.15) is 11.3 Å². The van der Waals surface area contributed by atoms with Gasteiger partial charge in [-0.05, 0) is 25.0 Å². The van der Waals surface area contributed by atoms with Crippen LogP contribution in [0.2, 0.25) is 0 Å². The first-order valence-electron chi connectivity index (χ1n) is 8.45. The number of carbonyl (C=O) groups is 1. The van der Waals surface area contributed by atoms with Crippen LogP contribution in [0.5, 0.6) is 0 Å². The van der Waals surface area contributed by atoms with Gasteiger partial charge in [-0.15, -0.1) is 0 Å². The monoisotopic (exact) mass is 357 g/mol. The fraction of sp³-hybridized carbons (Fsp3) is 0.412. The summed E-state index contributed by atoms with van der Waals surface area (Å²) in [5, 5.41) is 0. The normalized spacial score (nSPS) is 17.8. The van der Waals surface area contributed by atoms with Gasteiger partial charge in [0.15, 0.2) is 11.4 Å². The van der Waals surface area contributed by atoms with Gasteiger partial charge in [-0.3, -0.25) is 18.7 Å². The second-order valence-electron chi connectivity index (χ2n) is 6.59. The molecule has 136 valence electrons. The summed E-state index contributed by atoms with van der Waals surface area (Å²) in [4.78, 5) is 46.2. The number of piperidine rings is 1. The Morgan fingerprint density at radius 3 is 2.85 bits per heavy atom. The molecule has 1 aliphatic rings. The molecule has 0 spiro atoms. The number of rotatable bonds is 2. The summed E-state index contributed by atoms with van der Waals surface area (Å²) < 4.78 is 7.60. The van der Waals surface area contributed by atoms with Crippen molar-refractivity contribution in [3.63, 3.8) is 0 Å². The summed E-state index contributed by atoms with van der Waals surface area (Å²) in [5.74, 6) is 0.746. The molecule has 4 rings (SSSR count). The zero-order valence-corrected chi connectivity index (χ0v) is 14.6. The van der Waals surface area contributed by atoms with Crippen LogP contribution >= 0.6 is 0 Å². The molecule has 9 nitrogen and oxygen atoms in total. The highest BCUT2D eigenvalue weighted by Crippen LogP contribution is 2.26. The molecule has 1 fully saturated rings. The fourth-order valence-electron chi connectivity index (χ4n) is 3.48. The predicted molar refractivity (Wildman–Crippen MR) is 93.2 cm³/mol. The second-order valence-corrected chi connectivity index (χ2v) is 6.59. The molecule has 0 aromatic carbocycles. The van der Waals surface area contributed by atoms with E-state index in [9.17, 15) is 14.4 Å². The molecule has 26 heavy (non-hydrogen) atoms. The number of imidazole rings is 1. The van der Waals surface area contributed by atoms with E-state index in [1.165, 1.54) is 17.9 Å². The summed E-state index contributed by atoms with van der Waals surface area (Å²) in [7, 11) is 3.03. The summed E-state index contributed by atoms with van der Waals surface area (Å²) >= 11 is 0. The van der Waals surface area contributed by atoms with Gasteiger partial charge in [0, 0.05) is 33.1 Å². The van der Waals surface area contributed by atoms with Crippen molar-refractivity contribution in [3.8, 4) is 0 Å². The number of hydrogen-bond donors (Lipinski definition) is 1. The number of carbonyl (C=O) groups excluding carboxylic acids is 1. The highest BCUT2D eigenvalue weighted by atomic mass is 16.3. The summed E-state index contributed by atoms with van der Waals surface area (Å²) in [6.45, 7) is 1.13. The molecule has 0 radical (unpaired) electrons. The number of aryl methyl sites for hydroxylation is 1. The van der Waals surface area contributed by atoms with E-state index in [1.54, 1.807) is 24.1 Å². The van der Waals surface area contributed by atoms with Crippen LogP contribution < -0.4 is 11.2 Å². The van der Waals surface area contributed by atoms with Crippen LogP contribution in [0, 0.1) is 0 Å².